The maximum Gasteiger partial charge on any atom is 0.0796 e. The normalized spacial score (nSPS) is 53.4. The minimum atomic E-state index is 0.234. The summed E-state index contributed by atoms with van der Waals surface area (Å²) in [4.78, 5) is 0.819. The monoisotopic (exact) mass is 283 g/mol. The van der Waals surface area contributed by atoms with Gasteiger partial charge in [-0.2, -0.15) is 0 Å². The van der Waals surface area contributed by atoms with Crippen LogP contribution in [0.5, 0.6) is 0 Å². The van der Waals surface area contributed by atoms with E-state index in [0.29, 0.717) is 10.8 Å². The molecule has 4 fully saturated rings. The van der Waals surface area contributed by atoms with Gasteiger partial charge in [0.1, 0.15) is 0 Å². The van der Waals surface area contributed by atoms with E-state index in [1.54, 1.807) is 5.56 Å². The van der Waals surface area contributed by atoms with Crippen LogP contribution in [0.3, 0.4) is 0 Å². The van der Waals surface area contributed by atoms with Crippen LogP contribution in [0.1, 0.15) is 38.2 Å². The topological polar surface area (TPSA) is 26.0 Å². The fraction of sp³-hybridized carbons (Fsp3) is 0.611. The lowest BCUT2D eigenvalue weighted by Crippen LogP contribution is -2.96. The zero-order valence-corrected chi connectivity index (χ0v) is 12.7. The highest BCUT2D eigenvalue weighted by atomic mass is 32.1. The van der Waals surface area contributed by atoms with Gasteiger partial charge in [-0.3, -0.25) is 0 Å². The van der Waals surface area contributed by atoms with E-state index in [1.807, 2.05) is 0 Å². The Kier molecular flexibility index (Phi) is 1.84. The van der Waals surface area contributed by atoms with Crippen LogP contribution < -0.4 is 5.73 Å². The van der Waals surface area contributed by atoms with Gasteiger partial charge in [0, 0.05) is 10.8 Å². The molecule has 2 heteroatoms. The summed E-state index contributed by atoms with van der Waals surface area (Å²) >= 11 is 5.49. The van der Waals surface area contributed by atoms with E-state index < -0.39 is 0 Å². The molecule has 4 aliphatic carbocycles. The number of nitrogens with two attached hydrogens (primary N) is 1. The number of hydrogen-bond donors (Lipinski definition) is 1. The summed E-state index contributed by atoms with van der Waals surface area (Å²) < 4.78 is 0. The molecule has 0 aliphatic heterocycles. The molecule has 0 bridgehead atoms. The molecular formula is C18H21NS. The maximum atomic E-state index is 6.19. The van der Waals surface area contributed by atoms with Crippen LogP contribution in [0.2, 0.25) is 0 Å². The minimum Gasteiger partial charge on any atom is -0.393 e. The standard InChI is InChI=1S/C18H21NS/c1-2-12-13-8-16(11-6-4-3-5-7-11)10-17(15(19)20)9-14(12)18(13,16)17/h3-7,12-14H,2,8-10H2,1H3,(H2,19,20)/t12?,13?,14?,16?,17?,18-/m1/s1. The molecule has 1 aromatic rings. The summed E-state index contributed by atoms with van der Waals surface area (Å²) in [6, 6.07) is 11.2. The van der Waals surface area contributed by atoms with Crippen molar-refractivity contribution in [2.45, 2.75) is 38.0 Å². The minimum absolute atomic E-state index is 0.234. The van der Waals surface area contributed by atoms with Gasteiger partial charge in [0.05, 0.1) is 4.99 Å². The van der Waals surface area contributed by atoms with Crippen molar-refractivity contribution in [1.29, 1.82) is 0 Å². The number of hydrogen-bond acceptors (Lipinski definition) is 1. The molecule has 5 rings (SSSR count). The first-order valence-electron chi connectivity index (χ1n) is 7.99. The van der Waals surface area contributed by atoms with Crippen molar-refractivity contribution in [2.24, 2.45) is 34.3 Å². The maximum absolute atomic E-state index is 6.19. The van der Waals surface area contributed by atoms with Crippen LogP contribution >= 0.6 is 12.2 Å². The summed E-state index contributed by atoms with van der Waals surface area (Å²) in [5, 5.41) is 0. The third kappa shape index (κ3) is 0.787. The first kappa shape index (κ1) is 11.7. The molecular weight excluding hydrogens is 262 g/mol. The Bertz CT molecular complexity index is 618. The van der Waals surface area contributed by atoms with E-state index in [2.05, 4.69) is 37.3 Å². The molecule has 5 unspecified atom stereocenters. The predicted octanol–water partition coefficient (Wildman–Crippen LogP) is 3.67. The second kappa shape index (κ2) is 3.14. The molecule has 2 N–H and O–H groups in total. The van der Waals surface area contributed by atoms with Gasteiger partial charge < -0.3 is 5.73 Å². The SMILES string of the molecule is CCC1C2CC3(C(N)=S)CC4(c5ccccc5)CC1[C@]234. The highest BCUT2D eigenvalue weighted by Crippen LogP contribution is 2.98. The zero-order valence-electron chi connectivity index (χ0n) is 11.9. The second-order valence-corrected chi connectivity index (χ2v) is 8.07. The Labute approximate surface area is 125 Å². The smallest absolute Gasteiger partial charge is 0.0796 e. The molecule has 1 aromatic carbocycles. The van der Waals surface area contributed by atoms with Crippen molar-refractivity contribution in [3.63, 3.8) is 0 Å². The lowest BCUT2D eigenvalue weighted by molar-refractivity contribution is -0.450. The second-order valence-electron chi connectivity index (χ2n) is 7.63. The highest BCUT2D eigenvalue weighted by Gasteiger charge is 2.96. The average molecular weight is 283 g/mol. The van der Waals surface area contributed by atoms with E-state index >= 15 is 0 Å². The fourth-order valence-electron chi connectivity index (χ4n) is 7.46. The molecule has 0 heterocycles. The largest absolute Gasteiger partial charge is 0.393 e. The lowest BCUT2D eigenvalue weighted by Gasteiger charge is -2.97. The Morgan fingerprint density at radius 3 is 2.55 bits per heavy atom. The molecule has 1 spiro atoms. The molecule has 0 saturated heterocycles. The highest BCUT2D eigenvalue weighted by molar-refractivity contribution is 7.80. The van der Waals surface area contributed by atoms with Crippen molar-refractivity contribution >= 4 is 17.2 Å². The van der Waals surface area contributed by atoms with Gasteiger partial charge >= 0.3 is 0 Å². The van der Waals surface area contributed by atoms with E-state index in [9.17, 15) is 0 Å². The molecule has 104 valence electrons. The van der Waals surface area contributed by atoms with Crippen LogP contribution in [0, 0.1) is 28.6 Å². The Morgan fingerprint density at radius 2 is 1.95 bits per heavy atom. The van der Waals surface area contributed by atoms with Crippen molar-refractivity contribution < 1.29 is 0 Å². The lowest BCUT2D eigenvalue weighted by atomic mass is 9.06. The van der Waals surface area contributed by atoms with E-state index in [1.165, 1.54) is 25.7 Å². The van der Waals surface area contributed by atoms with Crippen LogP contribution in [0.25, 0.3) is 0 Å². The Hall–Kier alpha value is -0.890. The molecule has 4 aliphatic rings. The molecule has 0 aromatic heterocycles. The van der Waals surface area contributed by atoms with E-state index in [0.717, 1.165) is 22.7 Å². The molecule has 0 amide bonds. The van der Waals surface area contributed by atoms with Gasteiger partial charge in [-0.25, -0.2) is 0 Å². The van der Waals surface area contributed by atoms with Crippen LogP contribution in [-0.4, -0.2) is 4.99 Å². The zero-order chi connectivity index (χ0) is 13.8. The first-order valence-corrected chi connectivity index (χ1v) is 8.40. The van der Waals surface area contributed by atoms with Gasteiger partial charge in [0.25, 0.3) is 0 Å². The van der Waals surface area contributed by atoms with Crippen molar-refractivity contribution in [1.82, 2.24) is 0 Å². The van der Waals surface area contributed by atoms with Gasteiger partial charge in [-0.05, 0) is 48.0 Å². The third-order valence-electron chi connectivity index (χ3n) is 7.80. The van der Waals surface area contributed by atoms with Gasteiger partial charge in [-0.1, -0.05) is 55.9 Å². The predicted molar refractivity (Wildman–Crippen MR) is 84.4 cm³/mol. The van der Waals surface area contributed by atoms with Gasteiger partial charge in [0.15, 0.2) is 0 Å². The summed E-state index contributed by atoms with van der Waals surface area (Å²) in [5.41, 5.74) is 8.89. The number of thiocarbonyl (C=S) groups is 1. The summed E-state index contributed by atoms with van der Waals surface area (Å²) in [7, 11) is 0. The third-order valence-corrected chi connectivity index (χ3v) is 8.19. The van der Waals surface area contributed by atoms with Crippen molar-refractivity contribution in [3.8, 4) is 0 Å². The van der Waals surface area contributed by atoms with Gasteiger partial charge in [0.2, 0.25) is 0 Å². The Balaban J connectivity index is 1.62. The van der Waals surface area contributed by atoms with Crippen LogP contribution in [-0.2, 0) is 5.41 Å². The van der Waals surface area contributed by atoms with Crippen LogP contribution in [0.4, 0.5) is 0 Å². The summed E-state index contributed by atoms with van der Waals surface area (Å²) in [6.45, 7) is 2.36. The molecule has 0 radical (unpaired) electrons. The average Bonchev–Trinajstić information content (AvgIpc) is 2.37. The molecule has 20 heavy (non-hydrogen) atoms. The molecule has 1 nitrogen and oxygen atoms in total. The molecule has 6 atom stereocenters. The van der Waals surface area contributed by atoms with Gasteiger partial charge in [-0.15, -0.1) is 0 Å². The Morgan fingerprint density at radius 1 is 1.25 bits per heavy atom. The van der Waals surface area contributed by atoms with E-state index in [-0.39, 0.29) is 5.41 Å². The quantitative estimate of drug-likeness (QED) is 0.857. The van der Waals surface area contributed by atoms with E-state index in [4.69, 9.17) is 18.0 Å². The molecule has 4 saturated carbocycles. The number of benzene rings is 1. The van der Waals surface area contributed by atoms with Crippen molar-refractivity contribution in [2.75, 3.05) is 0 Å². The number of rotatable bonds is 3. The van der Waals surface area contributed by atoms with Crippen molar-refractivity contribution in [3.05, 3.63) is 35.9 Å². The first-order chi connectivity index (χ1) is 9.64. The van der Waals surface area contributed by atoms with Crippen LogP contribution in [0.15, 0.2) is 30.3 Å². The summed E-state index contributed by atoms with van der Waals surface area (Å²) in [6.07, 6.45) is 5.24. The fourth-order valence-corrected chi connectivity index (χ4v) is 7.79. The summed E-state index contributed by atoms with van der Waals surface area (Å²) in [5.74, 6) is 2.76.